The summed E-state index contributed by atoms with van der Waals surface area (Å²) in [4.78, 5) is 12.2. The van der Waals surface area contributed by atoms with Gasteiger partial charge < -0.3 is 10.4 Å². The Morgan fingerprint density at radius 1 is 0.543 bits per heavy atom. The molecular weight excluding hydrogens is 430 g/mol. The quantitative estimate of drug-likeness (QED) is 0.101. The predicted molar refractivity (Wildman–Crippen MR) is 155 cm³/mol. The molecule has 0 saturated carbocycles. The van der Waals surface area contributed by atoms with Crippen LogP contribution < -0.4 is 5.32 Å². The summed E-state index contributed by atoms with van der Waals surface area (Å²) in [5.74, 6) is 1.06. The smallest absolute Gasteiger partial charge is 0.219 e. The Balaban J connectivity index is 3.71. The lowest BCUT2D eigenvalue weighted by molar-refractivity contribution is -0.121. The maximum Gasteiger partial charge on any atom is 0.219 e. The van der Waals surface area contributed by atoms with Crippen LogP contribution in [0.5, 0.6) is 0 Å². The lowest BCUT2D eigenvalue weighted by Crippen LogP contribution is -2.25. The van der Waals surface area contributed by atoms with Crippen LogP contribution in [0, 0.1) is 5.92 Å². The van der Waals surface area contributed by atoms with Gasteiger partial charge in [-0.25, -0.2) is 0 Å². The van der Waals surface area contributed by atoms with Gasteiger partial charge in [0, 0.05) is 19.6 Å². The van der Waals surface area contributed by atoms with E-state index in [9.17, 15) is 4.79 Å². The lowest BCUT2D eigenvalue weighted by atomic mass is 9.91. The molecule has 3 nitrogen and oxygen atoms in total. The van der Waals surface area contributed by atoms with Gasteiger partial charge in [-0.15, -0.1) is 0 Å². The molecule has 1 unspecified atom stereocenters. The van der Waals surface area contributed by atoms with Crippen molar-refractivity contribution in [3.63, 3.8) is 0 Å². The molecule has 0 saturated heterocycles. The van der Waals surface area contributed by atoms with Crippen molar-refractivity contribution in [3.05, 3.63) is 0 Å². The number of hydrogen-bond donors (Lipinski definition) is 2. The first-order chi connectivity index (χ1) is 17.2. The van der Waals surface area contributed by atoms with E-state index in [0.717, 1.165) is 38.1 Å². The molecule has 0 aliphatic rings. The van der Waals surface area contributed by atoms with Crippen molar-refractivity contribution in [3.8, 4) is 0 Å². The Kier molecular flexibility index (Phi) is 29.2. The minimum atomic E-state index is 0.273. The van der Waals surface area contributed by atoms with Crippen molar-refractivity contribution in [2.45, 2.75) is 181 Å². The molecule has 0 aromatic carbocycles. The van der Waals surface area contributed by atoms with Gasteiger partial charge in [0.25, 0.3) is 0 Å². The van der Waals surface area contributed by atoms with Crippen LogP contribution in [0.15, 0.2) is 0 Å². The first-order valence-corrected chi connectivity index (χ1v) is 16.1. The summed E-state index contributed by atoms with van der Waals surface area (Å²) < 4.78 is 0. The topological polar surface area (TPSA) is 49.3 Å². The van der Waals surface area contributed by atoms with E-state index in [1.54, 1.807) is 0 Å². The van der Waals surface area contributed by atoms with Crippen LogP contribution in [0.25, 0.3) is 0 Å². The SMILES string of the molecule is CCCCCCCCCCCCCC(=O)NCCC(CCCCC)CCCCCCCCCCO. The molecule has 0 aliphatic carbocycles. The Morgan fingerprint density at radius 2 is 0.943 bits per heavy atom. The molecule has 1 amide bonds. The van der Waals surface area contributed by atoms with Gasteiger partial charge in [0.05, 0.1) is 0 Å². The largest absolute Gasteiger partial charge is 0.396 e. The minimum Gasteiger partial charge on any atom is -0.396 e. The number of rotatable bonds is 29. The van der Waals surface area contributed by atoms with E-state index >= 15 is 0 Å². The normalized spacial score (nSPS) is 12.2. The number of aliphatic hydroxyl groups excluding tert-OH is 1. The summed E-state index contributed by atoms with van der Waals surface area (Å²) >= 11 is 0. The number of carbonyl (C=O) groups is 1. The van der Waals surface area contributed by atoms with E-state index in [-0.39, 0.29) is 5.91 Å². The summed E-state index contributed by atoms with van der Waals surface area (Å²) in [7, 11) is 0. The van der Waals surface area contributed by atoms with Gasteiger partial charge in [0.15, 0.2) is 0 Å². The Morgan fingerprint density at radius 3 is 1.46 bits per heavy atom. The van der Waals surface area contributed by atoms with Crippen molar-refractivity contribution >= 4 is 5.91 Å². The van der Waals surface area contributed by atoms with Crippen molar-refractivity contribution < 1.29 is 9.90 Å². The van der Waals surface area contributed by atoms with Gasteiger partial charge in [-0.1, -0.05) is 155 Å². The zero-order valence-electron chi connectivity index (χ0n) is 24.2. The molecule has 35 heavy (non-hydrogen) atoms. The molecular formula is C32H65NO2. The number of amides is 1. The maximum atomic E-state index is 12.2. The third-order valence-electron chi connectivity index (χ3n) is 7.62. The highest BCUT2D eigenvalue weighted by Crippen LogP contribution is 2.21. The standard InChI is InChI=1S/C32H65NO2/c1-3-5-7-8-9-10-11-12-16-19-23-27-32(35)33-29-28-31(25-21-6-4-2)26-22-18-15-13-14-17-20-24-30-34/h31,34H,3-30H2,1-2H3,(H,33,35). The monoisotopic (exact) mass is 496 g/mol. The van der Waals surface area contributed by atoms with E-state index in [1.807, 2.05) is 0 Å². The number of nitrogens with one attached hydrogen (secondary N) is 1. The molecule has 0 radical (unpaired) electrons. The van der Waals surface area contributed by atoms with E-state index in [4.69, 9.17) is 5.11 Å². The van der Waals surface area contributed by atoms with Crippen LogP contribution in [0.3, 0.4) is 0 Å². The molecule has 2 N–H and O–H groups in total. The third kappa shape index (κ3) is 27.9. The van der Waals surface area contributed by atoms with E-state index in [2.05, 4.69) is 19.2 Å². The summed E-state index contributed by atoms with van der Waals surface area (Å²) in [5, 5.41) is 12.1. The number of carbonyl (C=O) groups excluding carboxylic acids is 1. The average Bonchev–Trinajstić information content (AvgIpc) is 2.86. The fourth-order valence-electron chi connectivity index (χ4n) is 5.18. The second-order valence-electron chi connectivity index (χ2n) is 11.1. The van der Waals surface area contributed by atoms with Gasteiger partial charge in [-0.05, 0) is 25.2 Å². The zero-order valence-corrected chi connectivity index (χ0v) is 24.2. The molecule has 0 rings (SSSR count). The van der Waals surface area contributed by atoms with Crippen molar-refractivity contribution in [1.82, 2.24) is 5.32 Å². The second kappa shape index (κ2) is 29.7. The summed E-state index contributed by atoms with van der Waals surface area (Å²) in [5.41, 5.74) is 0. The highest BCUT2D eigenvalue weighted by Gasteiger charge is 2.10. The Hall–Kier alpha value is -0.570. The lowest BCUT2D eigenvalue weighted by Gasteiger charge is -2.17. The van der Waals surface area contributed by atoms with Gasteiger partial charge in [0.2, 0.25) is 5.91 Å². The van der Waals surface area contributed by atoms with Gasteiger partial charge in [-0.2, -0.15) is 0 Å². The molecule has 0 spiro atoms. The summed E-state index contributed by atoms with van der Waals surface area (Å²) in [6.45, 7) is 5.78. The molecule has 0 fully saturated rings. The first kappa shape index (κ1) is 34.4. The predicted octanol–water partition coefficient (Wildman–Crippen LogP) is 9.89. The van der Waals surface area contributed by atoms with Gasteiger partial charge >= 0.3 is 0 Å². The molecule has 0 aliphatic heterocycles. The number of aliphatic hydroxyl groups is 1. The van der Waals surface area contributed by atoms with Crippen LogP contribution >= 0.6 is 0 Å². The molecule has 0 aromatic rings. The molecule has 210 valence electrons. The van der Waals surface area contributed by atoms with Crippen LogP contribution in [0.4, 0.5) is 0 Å². The fraction of sp³-hybridized carbons (Fsp3) is 0.969. The average molecular weight is 496 g/mol. The highest BCUT2D eigenvalue weighted by atomic mass is 16.2. The second-order valence-corrected chi connectivity index (χ2v) is 11.1. The van der Waals surface area contributed by atoms with E-state index in [1.165, 1.54) is 141 Å². The Labute approximate surface area is 221 Å². The highest BCUT2D eigenvalue weighted by molar-refractivity contribution is 5.75. The molecule has 0 bridgehead atoms. The molecule has 0 aromatic heterocycles. The van der Waals surface area contributed by atoms with Gasteiger partial charge in [0.1, 0.15) is 0 Å². The van der Waals surface area contributed by atoms with E-state index < -0.39 is 0 Å². The minimum absolute atomic E-state index is 0.273. The molecule has 0 heterocycles. The molecule has 3 heteroatoms. The van der Waals surface area contributed by atoms with Crippen LogP contribution in [-0.4, -0.2) is 24.2 Å². The zero-order chi connectivity index (χ0) is 25.7. The maximum absolute atomic E-state index is 12.2. The van der Waals surface area contributed by atoms with Crippen molar-refractivity contribution in [2.24, 2.45) is 5.92 Å². The Bertz CT molecular complexity index is 412. The summed E-state index contributed by atoms with van der Waals surface area (Å²) in [6, 6.07) is 0. The number of unbranched alkanes of at least 4 members (excludes halogenated alkanes) is 19. The van der Waals surface area contributed by atoms with Crippen LogP contribution in [-0.2, 0) is 4.79 Å². The van der Waals surface area contributed by atoms with Crippen molar-refractivity contribution in [2.75, 3.05) is 13.2 Å². The molecule has 1 atom stereocenters. The fourth-order valence-corrected chi connectivity index (χ4v) is 5.18. The summed E-state index contributed by atoms with van der Waals surface area (Å²) in [6.07, 6.45) is 33.4. The van der Waals surface area contributed by atoms with Crippen LogP contribution in [0.1, 0.15) is 181 Å². The number of hydrogen-bond acceptors (Lipinski definition) is 2. The third-order valence-corrected chi connectivity index (χ3v) is 7.62. The first-order valence-electron chi connectivity index (χ1n) is 16.1. The van der Waals surface area contributed by atoms with Crippen LogP contribution in [0.2, 0.25) is 0 Å². The van der Waals surface area contributed by atoms with Crippen molar-refractivity contribution in [1.29, 1.82) is 0 Å². The van der Waals surface area contributed by atoms with E-state index in [0.29, 0.717) is 6.61 Å². The van der Waals surface area contributed by atoms with Gasteiger partial charge in [-0.3, -0.25) is 4.79 Å².